The molecule has 6 heteroatoms. The molecule has 0 aliphatic carbocycles. The van der Waals surface area contributed by atoms with Gasteiger partial charge in [0.2, 0.25) is 0 Å². The van der Waals surface area contributed by atoms with E-state index in [1.54, 1.807) is 28.7 Å². The molecule has 1 rings (SSSR count). The molecule has 0 aliphatic heterocycles. The Balaban J connectivity index is 3.33. The van der Waals surface area contributed by atoms with Crippen LogP contribution in [-0.4, -0.2) is 4.98 Å². The van der Waals surface area contributed by atoms with Crippen molar-refractivity contribution in [1.82, 2.24) is 4.98 Å². The van der Waals surface area contributed by atoms with Crippen molar-refractivity contribution in [2.75, 3.05) is 0 Å². The molecule has 0 atom stereocenters. The van der Waals surface area contributed by atoms with E-state index in [1.165, 1.54) is 0 Å². The summed E-state index contributed by atoms with van der Waals surface area (Å²) in [6.45, 7) is 0. The smallest absolute Gasteiger partial charge is 0.240 e. The van der Waals surface area contributed by atoms with Gasteiger partial charge in [-0.05, 0) is 28.7 Å². The maximum absolute atomic E-state index is 12.3. The standard InChI is InChI=1S/C9H4F2IN3/c10-8(11)7-3-5(4-14)6(1-2-13)9(12)15-7/h3,8H,1H2. The molecular weight excluding hydrogens is 315 g/mol. The van der Waals surface area contributed by atoms with Crippen molar-refractivity contribution in [1.29, 1.82) is 10.5 Å². The third kappa shape index (κ3) is 2.60. The lowest BCUT2D eigenvalue weighted by atomic mass is 10.1. The van der Waals surface area contributed by atoms with Crippen molar-refractivity contribution in [2.24, 2.45) is 0 Å². The third-order valence-electron chi connectivity index (χ3n) is 1.69. The number of nitriles is 2. The van der Waals surface area contributed by atoms with Crippen LogP contribution in [0, 0.1) is 26.4 Å². The van der Waals surface area contributed by atoms with Gasteiger partial charge in [0.05, 0.1) is 24.1 Å². The largest absolute Gasteiger partial charge is 0.280 e. The number of pyridine rings is 1. The Morgan fingerprint density at radius 2 is 2.13 bits per heavy atom. The molecule has 0 unspecified atom stereocenters. The second kappa shape index (κ2) is 4.99. The second-order valence-corrected chi connectivity index (χ2v) is 3.63. The molecule has 1 heterocycles. The van der Waals surface area contributed by atoms with Crippen molar-refractivity contribution >= 4 is 22.6 Å². The van der Waals surface area contributed by atoms with E-state index in [4.69, 9.17) is 10.5 Å². The molecule has 1 aromatic rings. The summed E-state index contributed by atoms with van der Waals surface area (Å²) in [6, 6.07) is 4.68. The van der Waals surface area contributed by atoms with Gasteiger partial charge >= 0.3 is 0 Å². The zero-order valence-electron chi connectivity index (χ0n) is 7.34. The highest BCUT2D eigenvalue weighted by Crippen LogP contribution is 2.23. The van der Waals surface area contributed by atoms with Crippen LogP contribution in [0.15, 0.2) is 6.07 Å². The van der Waals surface area contributed by atoms with E-state index in [2.05, 4.69) is 4.98 Å². The first-order valence-electron chi connectivity index (χ1n) is 3.84. The summed E-state index contributed by atoms with van der Waals surface area (Å²) in [5, 5.41) is 17.2. The highest BCUT2D eigenvalue weighted by molar-refractivity contribution is 14.1. The van der Waals surface area contributed by atoms with Gasteiger partial charge in [-0.3, -0.25) is 0 Å². The summed E-state index contributed by atoms with van der Waals surface area (Å²) >= 11 is 1.74. The highest BCUT2D eigenvalue weighted by Gasteiger charge is 2.15. The fourth-order valence-corrected chi connectivity index (χ4v) is 1.78. The van der Waals surface area contributed by atoms with Crippen molar-refractivity contribution in [2.45, 2.75) is 12.8 Å². The number of hydrogen-bond donors (Lipinski definition) is 0. The van der Waals surface area contributed by atoms with Crippen LogP contribution in [0.4, 0.5) is 8.78 Å². The summed E-state index contributed by atoms with van der Waals surface area (Å²) in [7, 11) is 0. The fourth-order valence-electron chi connectivity index (χ4n) is 1.02. The highest BCUT2D eigenvalue weighted by atomic mass is 127. The van der Waals surface area contributed by atoms with Gasteiger partial charge in [0.25, 0.3) is 6.43 Å². The number of aromatic nitrogens is 1. The first-order chi connectivity index (χ1) is 7.10. The Labute approximate surface area is 98.5 Å². The Kier molecular flexibility index (Phi) is 3.92. The Morgan fingerprint density at radius 1 is 1.47 bits per heavy atom. The lowest BCUT2D eigenvalue weighted by molar-refractivity contribution is 0.146. The predicted molar refractivity (Wildman–Crippen MR) is 55.9 cm³/mol. The summed E-state index contributed by atoms with van der Waals surface area (Å²) in [4.78, 5) is 3.63. The fraction of sp³-hybridized carbons (Fsp3) is 0.222. The minimum absolute atomic E-state index is 0.00230. The molecule has 0 saturated carbocycles. The molecule has 0 saturated heterocycles. The van der Waals surface area contributed by atoms with Gasteiger partial charge in [-0.25, -0.2) is 13.8 Å². The summed E-state index contributed by atoms with van der Waals surface area (Å²) < 4.78 is 25.0. The van der Waals surface area contributed by atoms with Crippen LogP contribution in [0.1, 0.15) is 23.2 Å². The van der Waals surface area contributed by atoms with Crippen LogP contribution in [0.3, 0.4) is 0 Å². The second-order valence-electron chi connectivity index (χ2n) is 2.61. The normalized spacial score (nSPS) is 9.73. The van der Waals surface area contributed by atoms with Crippen molar-refractivity contribution < 1.29 is 8.78 Å². The quantitative estimate of drug-likeness (QED) is 0.622. The van der Waals surface area contributed by atoms with E-state index >= 15 is 0 Å². The summed E-state index contributed by atoms with van der Waals surface area (Å²) in [6.07, 6.45) is -2.71. The zero-order chi connectivity index (χ0) is 11.4. The SMILES string of the molecule is N#CCc1c(C#N)cc(C(F)F)nc1I. The molecular formula is C9H4F2IN3. The van der Waals surface area contributed by atoms with E-state index in [1.807, 2.05) is 6.07 Å². The lowest BCUT2D eigenvalue weighted by Gasteiger charge is -2.05. The van der Waals surface area contributed by atoms with Crippen LogP contribution >= 0.6 is 22.6 Å². The van der Waals surface area contributed by atoms with Gasteiger partial charge in [-0.2, -0.15) is 10.5 Å². The molecule has 0 bridgehead atoms. The Bertz CT molecular complexity index is 460. The number of hydrogen-bond acceptors (Lipinski definition) is 3. The van der Waals surface area contributed by atoms with Crippen LogP contribution in [0.25, 0.3) is 0 Å². The van der Waals surface area contributed by atoms with Crippen LogP contribution in [-0.2, 0) is 6.42 Å². The molecule has 3 nitrogen and oxygen atoms in total. The first-order valence-corrected chi connectivity index (χ1v) is 4.92. The summed E-state index contributed by atoms with van der Waals surface area (Å²) in [5.41, 5.74) is 0.0638. The molecule has 0 radical (unpaired) electrons. The molecule has 1 aromatic heterocycles. The number of halogens is 3. The van der Waals surface area contributed by atoms with E-state index in [-0.39, 0.29) is 15.7 Å². The third-order valence-corrected chi connectivity index (χ3v) is 2.59. The van der Waals surface area contributed by atoms with Gasteiger partial charge in [0.15, 0.2) is 0 Å². The predicted octanol–water partition coefficient (Wildman–Crippen LogP) is 2.56. The maximum Gasteiger partial charge on any atom is 0.280 e. The van der Waals surface area contributed by atoms with Crippen molar-refractivity contribution in [3.63, 3.8) is 0 Å². The van der Waals surface area contributed by atoms with Crippen LogP contribution < -0.4 is 0 Å². The van der Waals surface area contributed by atoms with E-state index < -0.39 is 12.1 Å². The van der Waals surface area contributed by atoms with Gasteiger partial charge in [0, 0.05) is 5.56 Å². The molecule has 0 N–H and O–H groups in total. The van der Waals surface area contributed by atoms with Gasteiger partial charge in [0.1, 0.15) is 9.39 Å². The van der Waals surface area contributed by atoms with Crippen molar-refractivity contribution in [3.8, 4) is 12.1 Å². The minimum atomic E-state index is -2.71. The number of alkyl halides is 2. The van der Waals surface area contributed by atoms with Crippen molar-refractivity contribution in [3.05, 3.63) is 26.6 Å². The van der Waals surface area contributed by atoms with Gasteiger partial charge < -0.3 is 0 Å². The van der Waals surface area contributed by atoms with E-state index in [9.17, 15) is 8.78 Å². The molecule has 0 amide bonds. The molecule has 0 fully saturated rings. The topological polar surface area (TPSA) is 60.5 Å². The average Bonchev–Trinajstić information content (AvgIpc) is 2.20. The monoisotopic (exact) mass is 319 g/mol. The summed E-state index contributed by atoms with van der Waals surface area (Å²) in [5.74, 6) is 0. The maximum atomic E-state index is 12.3. The van der Waals surface area contributed by atoms with Crippen LogP contribution in [0.5, 0.6) is 0 Å². The van der Waals surface area contributed by atoms with E-state index in [0.29, 0.717) is 5.56 Å². The number of nitrogens with zero attached hydrogens (tertiary/aromatic N) is 3. The Morgan fingerprint density at radius 3 is 2.60 bits per heavy atom. The minimum Gasteiger partial charge on any atom is -0.240 e. The van der Waals surface area contributed by atoms with Gasteiger partial charge in [-0.1, -0.05) is 0 Å². The number of rotatable bonds is 2. The molecule has 15 heavy (non-hydrogen) atoms. The van der Waals surface area contributed by atoms with Gasteiger partial charge in [-0.15, -0.1) is 0 Å². The lowest BCUT2D eigenvalue weighted by Crippen LogP contribution is -2.01. The van der Waals surface area contributed by atoms with E-state index in [0.717, 1.165) is 6.07 Å². The first kappa shape index (κ1) is 11.8. The zero-order valence-corrected chi connectivity index (χ0v) is 9.49. The average molecular weight is 319 g/mol. The van der Waals surface area contributed by atoms with Crippen LogP contribution in [0.2, 0.25) is 0 Å². The molecule has 76 valence electrons. The molecule has 0 aromatic carbocycles. The molecule has 0 spiro atoms. The molecule has 0 aliphatic rings. The Hall–Kier alpha value is -1.28.